The van der Waals surface area contributed by atoms with E-state index in [4.69, 9.17) is 0 Å². The van der Waals surface area contributed by atoms with Gasteiger partial charge in [0.25, 0.3) is 5.91 Å². The quantitative estimate of drug-likeness (QED) is 0.607. The van der Waals surface area contributed by atoms with Gasteiger partial charge in [-0.3, -0.25) is 14.9 Å². The first-order chi connectivity index (χ1) is 15.0. The van der Waals surface area contributed by atoms with Crippen LogP contribution in [-0.2, 0) is 9.59 Å². The molecule has 7 heteroatoms. The Morgan fingerprint density at radius 3 is 2.71 bits per heavy atom. The average Bonchev–Trinajstić information content (AvgIpc) is 3.15. The highest BCUT2D eigenvalue weighted by atomic mass is 32.1. The van der Waals surface area contributed by atoms with Crippen LogP contribution in [0.5, 0.6) is 0 Å². The highest BCUT2D eigenvalue weighted by molar-refractivity contribution is 7.22. The number of fused-ring (bicyclic) bond motifs is 1. The SMILES string of the molecule is CC1=C(C(=O)Nc2nc3ccccc3s2)C(c2ccc(F)cc2)C2=C(CCCC2=O)N1. The first-order valence-corrected chi connectivity index (χ1v) is 11.0. The molecule has 0 saturated heterocycles. The van der Waals surface area contributed by atoms with Crippen molar-refractivity contribution in [2.24, 2.45) is 0 Å². The molecule has 2 N–H and O–H groups in total. The van der Waals surface area contributed by atoms with Crippen molar-refractivity contribution in [3.05, 3.63) is 82.5 Å². The van der Waals surface area contributed by atoms with E-state index in [0.29, 0.717) is 28.4 Å². The Morgan fingerprint density at radius 1 is 1.16 bits per heavy atom. The van der Waals surface area contributed by atoms with Crippen molar-refractivity contribution in [1.29, 1.82) is 0 Å². The van der Waals surface area contributed by atoms with Crippen LogP contribution >= 0.6 is 11.3 Å². The predicted molar refractivity (Wildman–Crippen MR) is 119 cm³/mol. The highest BCUT2D eigenvalue weighted by Gasteiger charge is 2.38. The molecule has 5 nitrogen and oxygen atoms in total. The summed E-state index contributed by atoms with van der Waals surface area (Å²) in [5.41, 5.74) is 4.16. The van der Waals surface area contributed by atoms with Crippen LogP contribution in [0.25, 0.3) is 10.2 Å². The molecule has 156 valence electrons. The molecule has 31 heavy (non-hydrogen) atoms. The summed E-state index contributed by atoms with van der Waals surface area (Å²) in [5.74, 6) is -1.19. The summed E-state index contributed by atoms with van der Waals surface area (Å²) < 4.78 is 14.6. The van der Waals surface area contributed by atoms with Gasteiger partial charge in [0, 0.05) is 34.9 Å². The number of carbonyl (C=O) groups excluding carboxylic acids is 2. The van der Waals surface area contributed by atoms with Gasteiger partial charge in [-0.05, 0) is 49.6 Å². The number of nitrogens with zero attached hydrogens (tertiary/aromatic N) is 1. The first kappa shape index (κ1) is 19.6. The molecular formula is C24H20FN3O2S. The smallest absolute Gasteiger partial charge is 0.256 e. The molecule has 3 aromatic rings. The molecule has 1 unspecified atom stereocenters. The van der Waals surface area contributed by atoms with Crippen molar-refractivity contribution < 1.29 is 14.0 Å². The number of carbonyl (C=O) groups is 2. The first-order valence-electron chi connectivity index (χ1n) is 10.2. The van der Waals surface area contributed by atoms with E-state index in [1.54, 1.807) is 12.1 Å². The normalized spacial score (nSPS) is 18.8. The molecule has 0 saturated carbocycles. The summed E-state index contributed by atoms with van der Waals surface area (Å²) in [4.78, 5) is 30.8. The zero-order valence-electron chi connectivity index (χ0n) is 16.9. The molecule has 0 spiro atoms. The fraction of sp³-hybridized carbons (Fsp3) is 0.208. The molecule has 2 aromatic carbocycles. The number of hydrogen-bond acceptors (Lipinski definition) is 5. The van der Waals surface area contributed by atoms with Gasteiger partial charge in [0.1, 0.15) is 5.82 Å². The Labute approximate surface area is 182 Å². The number of halogens is 1. The molecule has 2 aliphatic rings. The zero-order valence-corrected chi connectivity index (χ0v) is 17.7. The standard InChI is InChI=1S/C24H20FN3O2S/c1-13-20(23(30)28-24-27-16-5-2-3-8-19(16)31-24)21(14-9-11-15(25)12-10-14)22-17(26-13)6-4-7-18(22)29/h2-3,5,8-12,21,26H,4,6-7H2,1H3,(H,27,28,30). The lowest BCUT2D eigenvalue weighted by atomic mass is 9.75. The molecule has 1 aliphatic carbocycles. The average molecular weight is 434 g/mol. The van der Waals surface area contributed by atoms with Crippen LogP contribution in [0, 0.1) is 5.82 Å². The number of amides is 1. The van der Waals surface area contributed by atoms with E-state index in [1.165, 1.54) is 23.5 Å². The van der Waals surface area contributed by atoms with Gasteiger partial charge in [-0.2, -0.15) is 0 Å². The van der Waals surface area contributed by atoms with E-state index < -0.39 is 5.92 Å². The van der Waals surface area contributed by atoms with Gasteiger partial charge in [0.15, 0.2) is 10.9 Å². The summed E-state index contributed by atoms with van der Waals surface area (Å²) in [6, 6.07) is 13.7. The summed E-state index contributed by atoms with van der Waals surface area (Å²) in [7, 11) is 0. The number of thiazole rings is 1. The minimum atomic E-state index is -0.543. The van der Waals surface area contributed by atoms with Crippen LogP contribution < -0.4 is 10.6 Å². The van der Waals surface area contributed by atoms with Crippen LogP contribution in [0.3, 0.4) is 0 Å². The van der Waals surface area contributed by atoms with Crippen molar-refractivity contribution in [2.45, 2.75) is 32.1 Å². The van der Waals surface area contributed by atoms with Crippen molar-refractivity contribution in [3.63, 3.8) is 0 Å². The Hall–Kier alpha value is -3.32. The second kappa shape index (κ2) is 7.74. The molecule has 1 aromatic heterocycles. The molecule has 0 bridgehead atoms. The Bertz CT molecular complexity index is 1240. The fourth-order valence-electron chi connectivity index (χ4n) is 4.36. The molecule has 0 fully saturated rings. The zero-order chi connectivity index (χ0) is 21.5. The monoisotopic (exact) mass is 433 g/mol. The third-order valence-electron chi connectivity index (χ3n) is 5.74. The van der Waals surface area contributed by atoms with Gasteiger partial charge in [0.2, 0.25) is 0 Å². The highest BCUT2D eigenvalue weighted by Crippen LogP contribution is 2.42. The lowest BCUT2D eigenvalue weighted by molar-refractivity contribution is -0.116. The maximum Gasteiger partial charge on any atom is 0.256 e. The third kappa shape index (κ3) is 3.55. The van der Waals surface area contributed by atoms with Crippen LogP contribution in [0.2, 0.25) is 0 Å². The summed E-state index contributed by atoms with van der Waals surface area (Å²) in [6.45, 7) is 1.84. The summed E-state index contributed by atoms with van der Waals surface area (Å²) >= 11 is 1.40. The van der Waals surface area contributed by atoms with Gasteiger partial charge < -0.3 is 5.32 Å². The number of dihydropyridines is 1. The van der Waals surface area contributed by atoms with Gasteiger partial charge in [-0.25, -0.2) is 9.37 Å². The molecular weight excluding hydrogens is 413 g/mol. The number of hydrogen-bond donors (Lipinski definition) is 2. The molecule has 2 heterocycles. The second-order valence-corrected chi connectivity index (χ2v) is 8.79. The number of allylic oxidation sites excluding steroid dienone is 3. The number of para-hydroxylation sites is 1. The van der Waals surface area contributed by atoms with Gasteiger partial charge in [-0.15, -0.1) is 0 Å². The van der Waals surface area contributed by atoms with E-state index in [2.05, 4.69) is 15.6 Å². The van der Waals surface area contributed by atoms with Gasteiger partial charge in [-0.1, -0.05) is 35.6 Å². The topological polar surface area (TPSA) is 71.1 Å². The lowest BCUT2D eigenvalue weighted by Gasteiger charge is -2.34. The van der Waals surface area contributed by atoms with Crippen LogP contribution in [0.15, 0.2) is 71.1 Å². The molecule has 5 rings (SSSR count). The van der Waals surface area contributed by atoms with E-state index in [1.807, 2.05) is 31.2 Å². The largest absolute Gasteiger partial charge is 0.362 e. The van der Waals surface area contributed by atoms with Crippen molar-refractivity contribution in [2.75, 3.05) is 5.32 Å². The fourth-order valence-corrected chi connectivity index (χ4v) is 5.22. The van der Waals surface area contributed by atoms with E-state index in [9.17, 15) is 14.0 Å². The molecule has 0 radical (unpaired) electrons. The predicted octanol–water partition coefficient (Wildman–Crippen LogP) is 5.04. The minimum absolute atomic E-state index is 0.0286. The Kier molecular flexibility index (Phi) is 4.90. The summed E-state index contributed by atoms with van der Waals surface area (Å²) in [6.07, 6.45) is 1.98. The second-order valence-electron chi connectivity index (χ2n) is 7.76. The van der Waals surface area contributed by atoms with Gasteiger partial charge >= 0.3 is 0 Å². The third-order valence-corrected chi connectivity index (χ3v) is 6.69. The van der Waals surface area contributed by atoms with E-state index >= 15 is 0 Å². The number of benzene rings is 2. The molecule has 1 atom stereocenters. The molecule has 1 amide bonds. The maximum atomic E-state index is 13.6. The van der Waals surface area contributed by atoms with Gasteiger partial charge in [0.05, 0.1) is 10.2 Å². The lowest BCUT2D eigenvalue weighted by Crippen LogP contribution is -2.35. The number of anilines is 1. The number of aromatic nitrogens is 1. The van der Waals surface area contributed by atoms with Crippen LogP contribution in [0.1, 0.15) is 37.7 Å². The number of ketones is 1. The van der Waals surface area contributed by atoms with E-state index in [-0.39, 0.29) is 17.5 Å². The van der Waals surface area contributed by atoms with Crippen molar-refractivity contribution in [3.8, 4) is 0 Å². The number of rotatable bonds is 3. The summed E-state index contributed by atoms with van der Waals surface area (Å²) in [5, 5.41) is 6.70. The van der Waals surface area contributed by atoms with Crippen molar-refractivity contribution >= 4 is 38.4 Å². The Balaban J connectivity index is 1.56. The number of nitrogens with one attached hydrogen (secondary N) is 2. The van der Waals surface area contributed by atoms with E-state index in [0.717, 1.165) is 34.3 Å². The van der Waals surface area contributed by atoms with Crippen molar-refractivity contribution in [1.82, 2.24) is 10.3 Å². The number of Topliss-reactive ketones (excluding diaryl/α,β-unsaturated/α-hetero) is 1. The molecule has 1 aliphatic heterocycles. The Morgan fingerprint density at radius 2 is 1.94 bits per heavy atom. The minimum Gasteiger partial charge on any atom is -0.362 e. The van der Waals surface area contributed by atoms with Crippen LogP contribution in [-0.4, -0.2) is 16.7 Å². The maximum absolute atomic E-state index is 13.6. The van der Waals surface area contributed by atoms with Crippen LogP contribution in [0.4, 0.5) is 9.52 Å².